The second-order valence-electron chi connectivity index (χ2n) is 2.69. The number of primary amides is 1. The molecule has 5 heteroatoms. The van der Waals surface area contributed by atoms with Crippen molar-refractivity contribution >= 4 is 29.1 Å². The van der Waals surface area contributed by atoms with Gasteiger partial charge in [-0.15, -0.1) is 0 Å². The largest absolute Gasteiger partial charge is 0.369 e. The van der Waals surface area contributed by atoms with E-state index in [1.165, 1.54) is 6.07 Å². The van der Waals surface area contributed by atoms with Gasteiger partial charge in [-0.05, 0) is 12.1 Å². The molecule has 1 rings (SSSR count). The highest BCUT2D eigenvalue weighted by atomic mass is 35.5. The third kappa shape index (κ3) is 3.43. The van der Waals surface area contributed by atoms with Crippen LogP contribution in [0.25, 0.3) is 0 Å². The van der Waals surface area contributed by atoms with E-state index in [1.54, 1.807) is 0 Å². The van der Waals surface area contributed by atoms with Gasteiger partial charge in [-0.25, -0.2) is 4.39 Å². The number of nitrogens with two attached hydrogens (primary N) is 1. The van der Waals surface area contributed by atoms with Crippen LogP contribution in [0.3, 0.4) is 0 Å². The molecular weight excluding hydrogens is 240 g/mol. The van der Waals surface area contributed by atoms with Crippen LogP contribution in [0.5, 0.6) is 0 Å². The summed E-state index contributed by atoms with van der Waals surface area (Å²) < 4.78 is 13.1. The van der Waals surface area contributed by atoms with Crippen LogP contribution in [0.15, 0.2) is 12.1 Å². The van der Waals surface area contributed by atoms with E-state index in [-0.39, 0.29) is 22.0 Å². The maximum Gasteiger partial charge on any atom is 0.229 e. The molecule has 0 radical (unpaired) electrons. The standard InChI is InChI=1S/C10H6Cl2FNO/c11-7-4-6(2-1-3-9(14)15)10(12)8(13)5-7/h4-5H,3H2,(H2,14,15). The number of amides is 1. The molecule has 2 N–H and O–H groups in total. The summed E-state index contributed by atoms with van der Waals surface area (Å²) in [5, 5.41) is 0.0802. The number of halogens is 3. The molecular formula is C10H6Cl2FNO. The van der Waals surface area contributed by atoms with Crippen LogP contribution in [0.2, 0.25) is 10.0 Å². The molecule has 1 amide bonds. The maximum atomic E-state index is 13.1. The van der Waals surface area contributed by atoms with Crippen LogP contribution < -0.4 is 5.73 Å². The van der Waals surface area contributed by atoms with Gasteiger partial charge < -0.3 is 5.73 Å². The van der Waals surface area contributed by atoms with Crippen molar-refractivity contribution in [1.82, 2.24) is 0 Å². The molecule has 0 aromatic heterocycles. The van der Waals surface area contributed by atoms with E-state index in [4.69, 9.17) is 28.9 Å². The minimum Gasteiger partial charge on any atom is -0.369 e. The van der Waals surface area contributed by atoms with Crippen molar-refractivity contribution in [1.29, 1.82) is 0 Å². The number of carbonyl (C=O) groups excluding carboxylic acids is 1. The Morgan fingerprint density at radius 1 is 1.47 bits per heavy atom. The predicted molar refractivity (Wildman–Crippen MR) is 57.1 cm³/mol. The van der Waals surface area contributed by atoms with Crippen molar-refractivity contribution in [3.63, 3.8) is 0 Å². The second-order valence-corrected chi connectivity index (χ2v) is 3.51. The molecule has 0 heterocycles. The first-order valence-corrected chi connectivity index (χ1v) is 4.68. The summed E-state index contributed by atoms with van der Waals surface area (Å²) in [4.78, 5) is 10.4. The highest BCUT2D eigenvalue weighted by molar-refractivity contribution is 6.34. The molecule has 0 aliphatic rings. The maximum absolute atomic E-state index is 13.1. The van der Waals surface area contributed by atoms with E-state index in [0.29, 0.717) is 0 Å². The Bertz CT molecular complexity index is 462. The number of rotatable bonds is 1. The van der Waals surface area contributed by atoms with E-state index in [2.05, 4.69) is 11.8 Å². The fraction of sp³-hybridized carbons (Fsp3) is 0.100. The fourth-order valence-corrected chi connectivity index (χ4v) is 1.23. The van der Waals surface area contributed by atoms with E-state index >= 15 is 0 Å². The molecule has 0 spiro atoms. The first-order valence-electron chi connectivity index (χ1n) is 3.92. The Balaban J connectivity index is 3.02. The number of hydrogen-bond donors (Lipinski definition) is 1. The zero-order valence-electron chi connectivity index (χ0n) is 7.48. The predicted octanol–water partition coefficient (Wildman–Crippen LogP) is 2.36. The Kier molecular flexibility index (Phi) is 3.96. The summed E-state index contributed by atoms with van der Waals surface area (Å²) >= 11 is 11.2. The average molecular weight is 246 g/mol. The highest BCUT2D eigenvalue weighted by Gasteiger charge is 2.05. The summed E-state index contributed by atoms with van der Waals surface area (Å²) in [7, 11) is 0. The normalized spacial score (nSPS) is 9.27. The molecule has 1 aromatic rings. The Labute approximate surface area is 96.2 Å². The molecule has 15 heavy (non-hydrogen) atoms. The lowest BCUT2D eigenvalue weighted by atomic mass is 10.2. The van der Waals surface area contributed by atoms with E-state index in [0.717, 1.165) is 6.07 Å². The molecule has 0 aliphatic heterocycles. The molecule has 78 valence electrons. The van der Waals surface area contributed by atoms with Crippen molar-refractivity contribution in [2.24, 2.45) is 5.73 Å². The summed E-state index contributed by atoms with van der Waals surface area (Å²) in [5.74, 6) is 3.78. The zero-order valence-corrected chi connectivity index (χ0v) is 8.99. The van der Waals surface area contributed by atoms with E-state index < -0.39 is 11.7 Å². The van der Waals surface area contributed by atoms with Crippen molar-refractivity contribution in [2.75, 3.05) is 0 Å². The van der Waals surface area contributed by atoms with Gasteiger partial charge in [-0.1, -0.05) is 35.0 Å². The summed E-state index contributed by atoms with van der Waals surface area (Å²) in [5.41, 5.74) is 5.12. The van der Waals surface area contributed by atoms with Gasteiger partial charge >= 0.3 is 0 Å². The van der Waals surface area contributed by atoms with Gasteiger partial charge in [0, 0.05) is 10.6 Å². The van der Waals surface area contributed by atoms with Gasteiger partial charge in [0.25, 0.3) is 0 Å². The zero-order chi connectivity index (χ0) is 11.4. The number of hydrogen-bond acceptors (Lipinski definition) is 1. The van der Waals surface area contributed by atoms with Crippen LogP contribution >= 0.6 is 23.2 Å². The second kappa shape index (κ2) is 5.01. The van der Waals surface area contributed by atoms with Crippen LogP contribution in [-0.4, -0.2) is 5.91 Å². The number of carbonyl (C=O) groups is 1. The smallest absolute Gasteiger partial charge is 0.229 e. The van der Waals surface area contributed by atoms with Gasteiger partial charge in [-0.3, -0.25) is 4.79 Å². The highest BCUT2D eigenvalue weighted by Crippen LogP contribution is 2.23. The topological polar surface area (TPSA) is 43.1 Å². The summed E-state index contributed by atoms with van der Waals surface area (Å²) in [6, 6.07) is 2.50. The van der Waals surface area contributed by atoms with Crippen LogP contribution in [0, 0.1) is 17.7 Å². The molecule has 0 saturated carbocycles. The van der Waals surface area contributed by atoms with Crippen molar-refractivity contribution in [3.8, 4) is 11.8 Å². The van der Waals surface area contributed by atoms with Crippen LogP contribution in [0.4, 0.5) is 4.39 Å². The van der Waals surface area contributed by atoms with Crippen molar-refractivity contribution in [3.05, 3.63) is 33.6 Å². The fourth-order valence-electron chi connectivity index (χ4n) is 0.873. The van der Waals surface area contributed by atoms with Gasteiger partial charge in [0.05, 0.1) is 11.4 Å². The Morgan fingerprint density at radius 2 is 2.13 bits per heavy atom. The van der Waals surface area contributed by atoms with Crippen LogP contribution in [-0.2, 0) is 4.79 Å². The summed E-state index contributed by atoms with van der Waals surface area (Å²) in [6.45, 7) is 0. The van der Waals surface area contributed by atoms with Crippen LogP contribution in [0.1, 0.15) is 12.0 Å². The Hall–Kier alpha value is -1.24. The molecule has 0 unspecified atom stereocenters. The first-order chi connectivity index (χ1) is 7.00. The minimum atomic E-state index is -0.646. The van der Waals surface area contributed by atoms with Crippen molar-refractivity contribution < 1.29 is 9.18 Å². The lowest BCUT2D eigenvalue weighted by molar-refractivity contribution is -0.117. The molecule has 1 aromatic carbocycles. The third-order valence-corrected chi connectivity index (χ3v) is 2.08. The van der Waals surface area contributed by atoms with Gasteiger partial charge in [0.15, 0.2) is 0 Å². The van der Waals surface area contributed by atoms with E-state index in [9.17, 15) is 9.18 Å². The molecule has 0 bridgehead atoms. The minimum absolute atomic E-state index is 0.107. The molecule has 0 atom stereocenters. The molecule has 0 aliphatic carbocycles. The third-order valence-electron chi connectivity index (χ3n) is 1.48. The molecule has 0 saturated heterocycles. The molecule has 0 fully saturated rings. The Morgan fingerprint density at radius 3 is 2.73 bits per heavy atom. The van der Waals surface area contributed by atoms with Gasteiger partial charge in [-0.2, -0.15) is 0 Å². The van der Waals surface area contributed by atoms with Gasteiger partial charge in [0.1, 0.15) is 5.82 Å². The van der Waals surface area contributed by atoms with Crippen molar-refractivity contribution in [2.45, 2.75) is 6.42 Å². The first kappa shape index (κ1) is 11.8. The van der Waals surface area contributed by atoms with Gasteiger partial charge in [0.2, 0.25) is 5.91 Å². The lowest BCUT2D eigenvalue weighted by Crippen LogP contribution is -2.08. The SMILES string of the molecule is NC(=O)CC#Cc1cc(Cl)cc(F)c1Cl. The monoisotopic (exact) mass is 245 g/mol. The number of benzene rings is 1. The average Bonchev–Trinajstić information content (AvgIpc) is 2.12. The lowest BCUT2D eigenvalue weighted by Gasteiger charge is -1.98. The molecule has 2 nitrogen and oxygen atoms in total. The van der Waals surface area contributed by atoms with E-state index in [1.807, 2.05) is 0 Å². The summed E-state index contributed by atoms with van der Waals surface area (Å²) in [6.07, 6.45) is -0.107. The quantitative estimate of drug-likeness (QED) is 0.599.